The van der Waals surface area contributed by atoms with Gasteiger partial charge in [-0.2, -0.15) is 0 Å². The van der Waals surface area contributed by atoms with E-state index in [2.05, 4.69) is 18.7 Å². The van der Waals surface area contributed by atoms with Crippen LogP contribution in [0.1, 0.15) is 61.9 Å². The standard InChI is InChI=1S/C25H33N3O3/c1-3-16(2)23(28-15-18-7-4-5-8-20(18)24(28)30)25(31)26-12-17-11-19(14-26)21-9-6-10-22(29)27(21)13-17/h4-5,7-8,16-17,19,21,23H,3,6,9-15H2,1-2H3/t16-,17?,19?,21?,23+/m0/s1. The average Bonchev–Trinajstić information content (AvgIpc) is 3.10. The number of piperidine rings is 3. The fourth-order valence-corrected chi connectivity index (χ4v) is 6.39. The number of hydrogen-bond acceptors (Lipinski definition) is 3. The van der Waals surface area contributed by atoms with Crippen LogP contribution in [0.2, 0.25) is 0 Å². The number of carbonyl (C=O) groups is 3. The number of carbonyl (C=O) groups excluding carboxylic acids is 3. The summed E-state index contributed by atoms with van der Waals surface area (Å²) >= 11 is 0. The minimum absolute atomic E-state index is 0.0181. The smallest absolute Gasteiger partial charge is 0.255 e. The normalized spacial score (nSPS) is 29.5. The highest BCUT2D eigenvalue weighted by molar-refractivity contribution is 6.01. The quantitative estimate of drug-likeness (QED) is 0.748. The first-order valence-electron chi connectivity index (χ1n) is 11.9. The van der Waals surface area contributed by atoms with E-state index < -0.39 is 6.04 Å². The van der Waals surface area contributed by atoms with Gasteiger partial charge in [-0.3, -0.25) is 14.4 Å². The van der Waals surface area contributed by atoms with Gasteiger partial charge in [0, 0.05) is 44.2 Å². The van der Waals surface area contributed by atoms with Crippen LogP contribution in [0.3, 0.4) is 0 Å². The molecule has 3 fully saturated rings. The largest absolute Gasteiger partial charge is 0.340 e. The number of benzene rings is 1. The molecule has 5 atom stereocenters. The van der Waals surface area contributed by atoms with Gasteiger partial charge in [-0.05, 0) is 48.6 Å². The Morgan fingerprint density at radius 2 is 1.97 bits per heavy atom. The van der Waals surface area contributed by atoms with Crippen molar-refractivity contribution in [2.24, 2.45) is 17.8 Å². The van der Waals surface area contributed by atoms with Crippen LogP contribution >= 0.6 is 0 Å². The van der Waals surface area contributed by atoms with Crippen molar-refractivity contribution in [2.75, 3.05) is 19.6 Å². The number of likely N-dealkylation sites (tertiary alicyclic amines) is 1. The molecule has 4 aliphatic rings. The molecule has 5 rings (SSSR count). The molecule has 3 amide bonds. The SMILES string of the molecule is CC[C@H](C)[C@H](C(=O)N1CC2CC(C1)C1CCCC(=O)N1C2)N1Cc2ccccc2C1=O. The molecule has 3 saturated heterocycles. The third-order valence-corrected chi connectivity index (χ3v) is 8.11. The van der Waals surface area contributed by atoms with Crippen LogP contribution in [0.25, 0.3) is 0 Å². The lowest BCUT2D eigenvalue weighted by Gasteiger charge is -2.53. The zero-order valence-electron chi connectivity index (χ0n) is 18.6. The van der Waals surface area contributed by atoms with E-state index in [-0.39, 0.29) is 23.8 Å². The van der Waals surface area contributed by atoms with Gasteiger partial charge in [-0.25, -0.2) is 0 Å². The highest BCUT2D eigenvalue weighted by atomic mass is 16.2. The number of rotatable bonds is 4. The third-order valence-electron chi connectivity index (χ3n) is 8.11. The van der Waals surface area contributed by atoms with E-state index in [1.165, 1.54) is 0 Å². The van der Waals surface area contributed by atoms with Gasteiger partial charge in [0.05, 0.1) is 0 Å². The zero-order chi connectivity index (χ0) is 21.7. The van der Waals surface area contributed by atoms with Gasteiger partial charge >= 0.3 is 0 Å². The summed E-state index contributed by atoms with van der Waals surface area (Å²) in [5.74, 6) is 1.19. The van der Waals surface area contributed by atoms with Gasteiger partial charge in [0.1, 0.15) is 6.04 Å². The Hall–Kier alpha value is -2.37. The molecule has 0 saturated carbocycles. The summed E-state index contributed by atoms with van der Waals surface area (Å²) in [5, 5.41) is 0. The first-order chi connectivity index (χ1) is 15.0. The van der Waals surface area contributed by atoms with Crippen molar-refractivity contribution < 1.29 is 14.4 Å². The molecule has 0 radical (unpaired) electrons. The van der Waals surface area contributed by atoms with Gasteiger partial charge < -0.3 is 14.7 Å². The van der Waals surface area contributed by atoms with E-state index in [1.54, 1.807) is 0 Å². The van der Waals surface area contributed by atoms with Gasteiger partial charge in [0.2, 0.25) is 11.8 Å². The van der Waals surface area contributed by atoms with Crippen molar-refractivity contribution >= 4 is 17.7 Å². The highest BCUT2D eigenvalue weighted by Crippen LogP contribution is 2.39. The van der Waals surface area contributed by atoms with Crippen molar-refractivity contribution in [3.63, 3.8) is 0 Å². The molecule has 3 unspecified atom stereocenters. The van der Waals surface area contributed by atoms with E-state index in [9.17, 15) is 14.4 Å². The summed E-state index contributed by atoms with van der Waals surface area (Å²) in [6.45, 7) is 6.90. The molecule has 1 aromatic carbocycles. The number of nitrogens with zero attached hydrogens (tertiary/aromatic N) is 3. The molecule has 4 heterocycles. The Morgan fingerprint density at radius 1 is 1.16 bits per heavy atom. The van der Waals surface area contributed by atoms with E-state index in [4.69, 9.17) is 0 Å². The summed E-state index contributed by atoms with van der Waals surface area (Å²) in [6.07, 6.45) is 4.65. The molecular formula is C25H33N3O3. The van der Waals surface area contributed by atoms with Gasteiger partial charge in [0.25, 0.3) is 5.91 Å². The Morgan fingerprint density at radius 3 is 2.74 bits per heavy atom. The van der Waals surface area contributed by atoms with E-state index in [0.29, 0.717) is 43.8 Å². The topological polar surface area (TPSA) is 60.9 Å². The second kappa shape index (κ2) is 7.95. The minimum Gasteiger partial charge on any atom is -0.340 e. The first-order valence-corrected chi connectivity index (χ1v) is 11.9. The van der Waals surface area contributed by atoms with Crippen LogP contribution in [0.5, 0.6) is 0 Å². The Kier molecular flexibility index (Phi) is 5.27. The van der Waals surface area contributed by atoms with E-state index >= 15 is 0 Å². The predicted octanol–water partition coefficient (Wildman–Crippen LogP) is 2.92. The lowest BCUT2D eigenvalue weighted by Crippen LogP contribution is -2.63. The molecule has 0 aromatic heterocycles. The lowest BCUT2D eigenvalue weighted by molar-refractivity contribution is -0.151. The van der Waals surface area contributed by atoms with Crippen LogP contribution in [0, 0.1) is 17.8 Å². The Balaban J connectivity index is 1.37. The van der Waals surface area contributed by atoms with E-state index in [1.807, 2.05) is 34.1 Å². The Bertz CT molecular complexity index is 900. The van der Waals surface area contributed by atoms with Crippen LogP contribution in [0.15, 0.2) is 24.3 Å². The summed E-state index contributed by atoms with van der Waals surface area (Å²) in [6, 6.07) is 7.57. The van der Waals surface area contributed by atoms with Gasteiger partial charge in [0.15, 0.2) is 0 Å². The molecule has 6 heteroatoms. The van der Waals surface area contributed by atoms with E-state index in [0.717, 1.165) is 43.4 Å². The molecule has 2 bridgehead atoms. The molecule has 0 aliphatic carbocycles. The van der Waals surface area contributed by atoms with Crippen LogP contribution in [-0.4, -0.2) is 64.1 Å². The maximum Gasteiger partial charge on any atom is 0.255 e. The second-order valence-corrected chi connectivity index (χ2v) is 10.0. The second-order valence-electron chi connectivity index (χ2n) is 10.0. The molecule has 166 valence electrons. The van der Waals surface area contributed by atoms with Crippen molar-refractivity contribution in [3.8, 4) is 0 Å². The fraction of sp³-hybridized carbons (Fsp3) is 0.640. The predicted molar refractivity (Wildman–Crippen MR) is 117 cm³/mol. The highest BCUT2D eigenvalue weighted by Gasteiger charge is 2.47. The lowest BCUT2D eigenvalue weighted by atomic mass is 9.75. The summed E-state index contributed by atoms with van der Waals surface area (Å²) < 4.78 is 0. The molecule has 1 aromatic rings. The molecular weight excluding hydrogens is 390 g/mol. The van der Waals surface area contributed by atoms with Crippen molar-refractivity contribution in [3.05, 3.63) is 35.4 Å². The Labute approximate surface area is 184 Å². The third kappa shape index (κ3) is 3.44. The number of amides is 3. The molecule has 31 heavy (non-hydrogen) atoms. The van der Waals surface area contributed by atoms with Gasteiger partial charge in [-0.1, -0.05) is 38.5 Å². The summed E-state index contributed by atoms with van der Waals surface area (Å²) in [7, 11) is 0. The van der Waals surface area contributed by atoms with Crippen LogP contribution in [0.4, 0.5) is 0 Å². The first kappa shape index (κ1) is 20.5. The monoisotopic (exact) mass is 423 g/mol. The molecule has 4 aliphatic heterocycles. The van der Waals surface area contributed by atoms with Crippen LogP contribution in [-0.2, 0) is 16.1 Å². The fourth-order valence-electron chi connectivity index (χ4n) is 6.39. The maximum atomic E-state index is 13.9. The van der Waals surface area contributed by atoms with Crippen LogP contribution < -0.4 is 0 Å². The number of fused-ring (bicyclic) bond motifs is 5. The zero-order valence-corrected chi connectivity index (χ0v) is 18.6. The van der Waals surface area contributed by atoms with Crippen molar-refractivity contribution in [2.45, 2.75) is 64.6 Å². The van der Waals surface area contributed by atoms with Crippen molar-refractivity contribution in [1.29, 1.82) is 0 Å². The molecule has 6 nitrogen and oxygen atoms in total. The summed E-state index contributed by atoms with van der Waals surface area (Å²) in [5.41, 5.74) is 1.75. The molecule has 0 spiro atoms. The van der Waals surface area contributed by atoms with Crippen molar-refractivity contribution in [1.82, 2.24) is 14.7 Å². The van der Waals surface area contributed by atoms with Gasteiger partial charge in [-0.15, -0.1) is 0 Å². The number of hydrogen-bond donors (Lipinski definition) is 0. The maximum absolute atomic E-state index is 13.9. The summed E-state index contributed by atoms with van der Waals surface area (Å²) in [4.78, 5) is 45.4. The minimum atomic E-state index is -0.423. The average molecular weight is 424 g/mol. The molecule has 0 N–H and O–H groups in total.